The fraction of sp³-hybridized carbons (Fsp3) is 0.0833. The molecule has 1 aromatic heterocycles. The lowest BCUT2D eigenvalue weighted by atomic mass is 10.2. The first-order valence-corrected chi connectivity index (χ1v) is 6.90. The SMILES string of the molecule is Cc1ccc(NC(=O)c2ccc(Br)s2)cc1[N+](=O)[O-]. The molecule has 1 aromatic carbocycles. The number of nitrogens with zero attached hydrogens (tertiary/aromatic N) is 1. The van der Waals surface area contributed by atoms with E-state index in [0.29, 0.717) is 16.1 Å². The molecule has 2 aromatic rings. The number of anilines is 1. The number of hydrogen-bond acceptors (Lipinski definition) is 4. The molecule has 0 aliphatic heterocycles. The van der Waals surface area contributed by atoms with Gasteiger partial charge in [-0.15, -0.1) is 11.3 Å². The zero-order valence-corrected chi connectivity index (χ0v) is 12.2. The Morgan fingerprint density at radius 1 is 1.37 bits per heavy atom. The first kappa shape index (κ1) is 13.7. The average Bonchev–Trinajstić information content (AvgIpc) is 2.78. The molecule has 0 aliphatic rings. The second kappa shape index (κ2) is 5.50. The van der Waals surface area contributed by atoms with Gasteiger partial charge in [-0.1, -0.05) is 6.07 Å². The third-order valence-electron chi connectivity index (χ3n) is 2.46. The van der Waals surface area contributed by atoms with E-state index in [-0.39, 0.29) is 11.6 Å². The topological polar surface area (TPSA) is 72.2 Å². The summed E-state index contributed by atoms with van der Waals surface area (Å²) in [6, 6.07) is 8.07. The van der Waals surface area contributed by atoms with E-state index in [1.54, 1.807) is 31.2 Å². The molecule has 0 atom stereocenters. The summed E-state index contributed by atoms with van der Waals surface area (Å²) >= 11 is 4.57. The molecule has 0 bridgehead atoms. The third-order valence-corrected chi connectivity index (χ3v) is 4.08. The minimum Gasteiger partial charge on any atom is -0.321 e. The van der Waals surface area contributed by atoms with Crippen molar-refractivity contribution in [2.75, 3.05) is 5.32 Å². The minimum atomic E-state index is -0.466. The smallest absolute Gasteiger partial charge is 0.274 e. The molecule has 0 unspecified atom stereocenters. The van der Waals surface area contributed by atoms with E-state index >= 15 is 0 Å². The lowest BCUT2D eigenvalue weighted by Crippen LogP contribution is -2.10. The van der Waals surface area contributed by atoms with Crippen LogP contribution in [0.4, 0.5) is 11.4 Å². The molecule has 0 aliphatic carbocycles. The number of halogens is 1. The number of carbonyl (C=O) groups excluding carboxylic acids is 1. The molecule has 1 N–H and O–H groups in total. The van der Waals surface area contributed by atoms with Gasteiger partial charge in [0.15, 0.2) is 0 Å². The molecule has 5 nitrogen and oxygen atoms in total. The van der Waals surface area contributed by atoms with Crippen molar-refractivity contribution in [3.05, 3.63) is 54.7 Å². The molecule has 0 saturated heterocycles. The van der Waals surface area contributed by atoms with Gasteiger partial charge in [0.25, 0.3) is 11.6 Å². The number of benzene rings is 1. The van der Waals surface area contributed by atoms with Gasteiger partial charge in [0.05, 0.1) is 13.6 Å². The summed E-state index contributed by atoms with van der Waals surface area (Å²) < 4.78 is 0.854. The summed E-state index contributed by atoms with van der Waals surface area (Å²) in [4.78, 5) is 22.8. The second-order valence-corrected chi connectivity index (χ2v) is 6.28. The number of aryl methyl sites for hydroxylation is 1. The first-order valence-electron chi connectivity index (χ1n) is 5.29. The average molecular weight is 341 g/mol. The first-order chi connectivity index (χ1) is 8.97. The Morgan fingerprint density at radius 3 is 2.68 bits per heavy atom. The molecule has 2 rings (SSSR count). The number of hydrogen-bond donors (Lipinski definition) is 1. The van der Waals surface area contributed by atoms with Crippen molar-refractivity contribution in [1.82, 2.24) is 0 Å². The van der Waals surface area contributed by atoms with Gasteiger partial charge in [-0.2, -0.15) is 0 Å². The number of nitro benzene ring substituents is 1. The van der Waals surface area contributed by atoms with Gasteiger partial charge in [0.1, 0.15) is 0 Å². The van der Waals surface area contributed by atoms with Crippen LogP contribution in [0.5, 0.6) is 0 Å². The van der Waals surface area contributed by atoms with Crippen molar-refractivity contribution in [2.24, 2.45) is 0 Å². The molecule has 7 heteroatoms. The zero-order chi connectivity index (χ0) is 14.0. The third kappa shape index (κ3) is 3.18. The minimum absolute atomic E-state index is 0.00911. The molecule has 0 saturated carbocycles. The molecular weight excluding hydrogens is 332 g/mol. The van der Waals surface area contributed by atoms with Crippen LogP contribution in [-0.2, 0) is 0 Å². The van der Waals surface area contributed by atoms with Gasteiger partial charge >= 0.3 is 0 Å². The van der Waals surface area contributed by atoms with E-state index in [2.05, 4.69) is 21.2 Å². The van der Waals surface area contributed by atoms with Crippen LogP contribution in [-0.4, -0.2) is 10.8 Å². The van der Waals surface area contributed by atoms with Crippen molar-refractivity contribution in [1.29, 1.82) is 0 Å². The van der Waals surface area contributed by atoms with E-state index < -0.39 is 4.92 Å². The predicted molar refractivity (Wildman–Crippen MR) is 77.8 cm³/mol. The van der Waals surface area contributed by atoms with Crippen molar-refractivity contribution in [3.63, 3.8) is 0 Å². The van der Waals surface area contributed by atoms with Crippen molar-refractivity contribution < 1.29 is 9.72 Å². The summed E-state index contributed by atoms with van der Waals surface area (Å²) in [5.41, 5.74) is 0.957. The zero-order valence-electron chi connectivity index (χ0n) is 9.84. The fourth-order valence-electron chi connectivity index (χ4n) is 1.51. The summed E-state index contributed by atoms with van der Waals surface area (Å²) in [7, 11) is 0. The summed E-state index contributed by atoms with van der Waals surface area (Å²) in [6.45, 7) is 1.65. The number of amides is 1. The van der Waals surface area contributed by atoms with Gasteiger partial charge in [0.2, 0.25) is 0 Å². The Hall–Kier alpha value is -1.73. The number of carbonyl (C=O) groups is 1. The molecule has 0 fully saturated rings. The highest BCUT2D eigenvalue weighted by Crippen LogP contribution is 2.25. The van der Waals surface area contributed by atoms with Crippen LogP contribution in [0.2, 0.25) is 0 Å². The molecule has 1 heterocycles. The molecule has 0 spiro atoms. The summed E-state index contributed by atoms with van der Waals surface area (Å²) in [5, 5.41) is 13.5. The van der Waals surface area contributed by atoms with Gasteiger partial charge in [0, 0.05) is 17.3 Å². The maximum atomic E-state index is 11.9. The lowest BCUT2D eigenvalue weighted by molar-refractivity contribution is -0.385. The van der Waals surface area contributed by atoms with E-state index in [0.717, 1.165) is 3.79 Å². The van der Waals surface area contributed by atoms with Crippen LogP contribution in [0.25, 0.3) is 0 Å². The second-order valence-electron chi connectivity index (χ2n) is 3.82. The van der Waals surface area contributed by atoms with Gasteiger partial charge in [-0.25, -0.2) is 0 Å². The number of rotatable bonds is 3. The highest BCUT2D eigenvalue weighted by molar-refractivity contribution is 9.11. The van der Waals surface area contributed by atoms with Crippen LogP contribution in [0.1, 0.15) is 15.2 Å². The Morgan fingerprint density at radius 2 is 2.11 bits per heavy atom. The van der Waals surface area contributed by atoms with Crippen LogP contribution in [0.15, 0.2) is 34.1 Å². The van der Waals surface area contributed by atoms with Gasteiger partial charge in [-0.05, 0) is 41.1 Å². The Kier molecular flexibility index (Phi) is 3.96. The largest absolute Gasteiger partial charge is 0.321 e. The Balaban J connectivity index is 2.22. The van der Waals surface area contributed by atoms with Crippen LogP contribution in [0, 0.1) is 17.0 Å². The quantitative estimate of drug-likeness (QED) is 0.678. The summed E-state index contributed by atoms with van der Waals surface area (Å²) in [5.74, 6) is -0.283. The number of nitrogens with one attached hydrogen (secondary N) is 1. The lowest BCUT2D eigenvalue weighted by Gasteiger charge is -2.04. The van der Waals surface area contributed by atoms with Crippen LogP contribution < -0.4 is 5.32 Å². The van der Waals surface area contributed by atoms with Crippen molar-refractivity contribution in [3.8, 4) is 0 Å². The normalized spacial score (nSPS) is 10.2. The molecular formula is C12H9BrN2O3S. The predicted octanol–water partition coefficient (Wildman–Crippen LogP) is 3.98. The Bertz CT molecular complexity index is 654. The Labute approximate surface area is 121 Å². The van der Waals surface area contributed by atoms with E-state index in [9.17, 15) is 14.9 Å². The van der Waals surface area contributed by atoms with E-state index in [1.807, 2.05) is 0 Å². The molecule has 0 radical (unpaired) electrons. The molecule has 19 heavy (non-hydrogen) atoms. The van der Waals surface area contributed by atoms with Gasteiger partial charge in [-0.3, -0.25) is 14.9 Å². The highest BCUT2D eigenvalue weighted by Gasteiger charge is 2.14. The van der Waals surface area contributed by atoms with Crippen molar-refractivity contribution >= 4 is 44.5 Å². The highest BCUT2D eigenvalue weighted by atomic mass is 79.9. The standard InChI is InChI=1S/C12H9BrN2O3S/c1-7-2-3-8(6-9(7)15(17)18)14-12(16)10-4-5-11(13)19-10/h2-6H,1H3,(H,14,16). The van der Waals surface area contributed by atoms with E-state index in [1.165, 1.54) is 17.4 Å². The summed E-state index contributed by atoms with van der Waals surface area (Å²) in [6.07, 6.45) is 0. The monoisotopic (exact) mass is 340 g/mol. The maximum Gasteiger partial charge on any atom is 0.274 e. The molecule has 1 amide bonds. The number of thiophene rings is 1. The van der Waals surface area contributed by atoms with Gasteiger partial charge < -0.3 is 5.32 Å². The van der Waals surface area contributed by atoms with Crippen molar-refractivity contribution in [2.45, 2.75) is 6.92 Å². The van der Waals surface area contributed by atoms with Crippen LogP contribution in [0.3, 0.4) is 0 Å². The maximum absolute atomic E-state index is 11.9. The van der Waals surface area contributed by atoms with Crippen LogP contribution >= 0.6 is 27.3 Å². The van der Waals surface area contributed by atoms with E-state index in [4.69, 9.17) is 0 Å². The molecule has 98 valence electrons. The number of nitro groups is 1. The fourth-order valence-corrected chi connectivity index (χ4v) is 2.79.